The fraction of sp³-hybridized carbons (Fsp3) is 0.286. The van der Waals surface area contributed by atoms with Crippen LogP contribution in [0.3, 0.4) is 0 Å². The van der Waals surface area contributed by atoms with Gasteiger partial charge in [-0.15, -0.1) is 13.2 Å². The summed E-state index contributed by atoms with van der Waals surface area (Å²) < 4.78 is 0. The highest BCUT2D eigenvalue weighted by Gasteiger charge is 2.26. The number of phenolic OH excluding ortho intramolecular Hbond substituents is 1. The van der Waals surface area contributed by atoms with E-state index in [-0.39, 0.29) is 5.54 Å². The smallest absolute Gasteiger partial charge is 0.120 e. The Morgan fingerprint density at radius 3 is 2.56 bits per heavy atom. The summed E-state index contributed by atoms with van der Waals surface area (Å²) in [5, 5.41) is 13.2. The van der Waals surface area contributed by atoms with Gasteiger partial charge in [-0.3, -0.25) is 0 Å². The van der Waals surface area contributed by atoms with Crippen molar-refractivity contribution in [3.8, 4) is 5.75 Å². The van der Waals surface area contributed by atoms with Gasteiger partial charge in [0.1, 0.15) is 5.75 Å². The molecular weight excluding hydrogens is 198 g/mol. The molecule has 0 aliphatic heterocycles. The molecule has 2 nitrogen and oxygen atoms in total. The van der Waals surface area contributed by atoms with E-state index >= 15 is 0 Å². The normalized spacial score (nSPS) is 14.1. The summed E-state index contributed by atoms with van der Waals surface area (Å²) >= 11 is 0. The molecule has 0 aliphatic carbocycles. The maximum atomic E-state index is 9.87. The van der Waals surface area contributed by atoms with Gasteiger partial charge >= 0.3 is 0 Å². The van der Waals surface area contributed by atoms with Crippen molar-refractivity contribution >= 4 is 0 Å². The van der Waals surface area contributed by atoms with Crippen molar-refractivity contribution in [3.63, 3.8) is 0 Å². The van der Waals surface area contributed by atoms with Gasteiger partial charge in [0.2, 0.25) is 0 Å². The Labute approximate surface area is 97.3 Å². The largest absolute Gasteiger partial charge is 0.508 e. The molecule has 1 aromatic carbocycles. The van der Waals surface area contributed by atoms with Gasteiger partial charge in [0, 0.05) is 17.6 Å². The summed E-state index contributed by atoms with van der Waals surface area (Å²) in [4.78, 5) is 0. The van der Waals surface area contributed by atoms with Gasteiger partial charge < -0.3 is 10.4 Å². The van der Waals surface area contributed by atoms with Crippen LogP contribution in [-0.4, -0.2) is 11.7 Å². The lowest BCUT2D eigenvalue weighted by Gasteiger charge is -2.30. The van der Waals surface area contributed by atoms with E-state index in [9.17, 15) is 5.11 Å². The van der Waals surface area contributed by atoms with Crippen molar-refractivity contribution < 1.29 is 5.11 Å². The van der Waals surface area contributed by atoms with Gasteiger partial charge in [0.05, 0.1) is 0 Å². The zero-order valence-electron chi connectivity index (χ0n) is 9.74. The van der Waals surface area contributed by atoms with Crippen LogP contribution in [0.4, 0.5) is 0 Å². The molecular formula is C14H19NO. The van der Waals surface area contributed by atoms with Gasteiger partial charge in [0.25, 0.3) is 0 Å². The monoisotopic (exact) mass is 217 g/mol. The van der Waals surface area contributed by atoms with E-state index in [0.29, 0.717) is 12.3 Å². The molecule has 0 saturated heterocycles. The Hall–Kier alpha value is -1.54. The lowest BCUT2D eigenvalue weighted by molar-refractivity contribution is 0.363. The van der Waals surface area contributed by atoms with Crippen LogP contribution >= 0.6 is 0 Å². The number of para-hydroxylation sites is 1. The lowest BCUT2D eigenvalue weighted by atomic mass is 9.88. The SMILES string of the molecule is C=CCN[C@](C)(CC=C)c1ccccc1O. The maximum absolute atomic E-state index is 9.87. The first kappa shape index (κ1) is 12.5. The first-order chi connectivity index (χ1) is 7.64. The minimum Gasteiger partial charge on any atom is -0.508 e. The van der Waals surface area contributed by atoms with Crippen LogP contribution in [0, 0.1) is 0 Å². The minimum absolute atomic E-state index is 0.304. The molecule has 2 heteroatoms. The van der Waals surface area contributed by atoms with Crippen molar-refractivity contribution in [2.75, 3.05) is 6.54 Å². The number of benzene rings is 1. The zero-order valence-corrected chi connectivity index (χ0v) is 9.74. The van der Waals surface area contributed by atoms with Crippen molar-refractivity contribution in [1.29, 1.82) is 0 Å². The predicted molar refractivity (Wildman–Crippen MR) is 68.5 cm³/mol. The predicted octanol–water partition coefficient (Wildman–Crippen LogP) is 2.96. The number of hydrogen-bond donors (Lipinski definition) is 2. The molecule has 0 radical (unpaired) electrons. The van der Waals surface area contributed by atoms with E-state index in [1.807, 2.05) is 31.2 Å². The summed E-state index contributed by atoms with van der Waals surface area (Å²) in [5.74, 6) is 0.309. The minimum atomic E-state index is -0.304. The van der Waals surface area contributed by atoms with E-state index in [4.69, 9.17) is 0 Å². The molecule has 2 N–H and O–H groups in total. The molecule has 1 aromatic rings. The molecule has 0 saturated carbocycles. The molecule has 0 aliphatic rings. The summed E-state index contributed by atoms with van der Waals surface area (Å²) in [6, 6.07) is 7.37. The molecule has 0 spiro atoms. The van der Waals surface area contributed by atoms with E-state index in [0.717, 1.165) is 12.0 Å². The van der Waals surface area contributed by atoms with E-state index < -0.39 is 0 Å². The third-order valence-electron chi connectivity index (χ3n) is 2.69. The van der Waals surface area contributed by atoms with Crippen LogP contribution in [0.2, 0.25) is 0 Å². The van der Waals surface area contributed by atoms with Crippen LogP contribution in [0.25, 0.3) is 0 Å². The molecule has 0 amide bonds. The molecule has 0 unspecified atom stereocenters. The molecule has 0 aromatic heterocycles. The van der Waals surface area contributed by atoms with Gasteiger partial charge in [-0.25, -0.2) is 0 Å². The topological polar surface area (TPSA) is 32.3 Å². The van der Waals surface area contributed by atoms with Crippen molar-refractivity contribution in [2.45, 2.75) is 18.9 Å². The van der Waals surface area contributed by atoms with Gasteiger partial charge in [-0.1, -0.05) is 30.4 Å². The van der Waals surface area contributed by atoms with E-state index in [1.54, 1.807) is 12.1 Å². The Morgan fingerprint density at radius 1 is 1.31 bits per heavy atom. The van der Waals surface area contributed by atoms with Crippen molar-refractivity contribution in [3.05, 3.63) is 55.1 Å². The van der Waals surface area contributed by atoms with Crippen LogP contribution in [0.5, 0.6) is 5.75 Å². The standard InChI is InChI=1S/C14H19NO/c1-4-10-14(3,15-11-5-2)12-8-6-7-9-13(12)16/h4-9,15-16H,1-2,10-11H2,3H3/t14-/m1/s1. The van der Waals surface area contributed by atoms with Crippen molar-refractivity contribution in [1.82, 2.24) is 5.32 Å². The molecule has 86 valence electrons. The van der Waals surface area contributed by atoms with Gasteiger partial charge in [0.15, 0.2) is 0 Å². The van der Waals surface area contributed by atoms with Crippen molar-refractivity contribution in [2.24, 2.45) is 0 Å². The first-order valence-electron chi connectivity index (χ1n) is 5.39. The molecule has 0 heterocycles. The Bertz CT molecular complexity index is 373. The number of nitrogens with one attached hydrogen (secondary N) is 1. The molecule has 1 atom stereocenters. The average molecular weight is 217 g/mol. The average Bonchev–Trinajstić information content (AvgIpc) is 2.27. The Morgan fingerprint density at radius 2 is 2.00 bits per heavy atom. The third-order valence-corrected chi connectivity index (χ3v) is 2.69. The van der Waals surface area contributed by atoms with Crippen LogP contribution in [-0.2, 0) is 5.54 Å². The van der Waals surface area contributed by atoms with Crippen LogP contribution in [0.1, 0.15) is 18.9 Å². The van der Waals surface area contributed by atoms with Crippen LogP contribution < -0.4 is 5.32 Å². The second-order valence-corrected chi connectivity index (χ2v) is 4.01. The van der Waals surface area contributed by atoms with E-state index in [2.05, 4.69) is 18.5 Å². The second-order valence-electron chi connectivity index (χ2n) is 4.01. The zero-order chi connectivity index (χ0) is 12.0. The Balaban J connectivity index is 3.04. The molecule has 1 rings (SSSR count). The summed E-state index contributed by atoms with van der Waals surface area (Å²) in [6.45, 7) is 10.2. The fourth-order valence-electron chi connectivity index (χ4n) is 1.80. The molecule has 0 bridgehead atoms. The van der Waals surface area contributed by atoms with E-state index in [1.165, 1.54) is 0 Å². The highest BCUT2D eigenvalue weighted by atomic mass is 16.3. The summed E-state index contributed by atoms with van der Waals surface area (Å²) in [6.07, 6.45) is 4.41. The number of phenols is 1. The first-order valence-corrected chi connectivity index (χ1v) is 5.39. The third kappa shape index (κ3) is 2.74. The summed E-state index contributed by atoms with van der Waals surface area (Å²) in [7, 11) is 0. The number of hydrogen-bond acceptors (Lipinski definition) is 2. The van der Waals surface area contributed by atoms with Gasteiger partial charge in [-0.2, -0.15) is 0 Å². The quantitative estimate of drug-likeness (QED) is 0.718. The van der Waals surface area contributed by atoms with Crippen LogP contribution in [0.15, 0.2) is 49.6 Å². The van der Waals surface area contributed by atoms with Gasteiger partial charge in [-0.05, 0) is 19.4 Å². The Kier molecular flexibility index (Phi) is 4.32. The number of rotatable bonds is 6. The molecule has 0 fully saturated rings. The molecule has 16 heavy (non-hydrogen) atoms. The second kappa shape index (κ2) is 5.52. The number of aromatic hydroxyl groups is 1. The lowest BCUT2D eigenvalue weighted by Crippen LogP contribution is -2.39. The maximum Gasteiger partial charge on any atom is 0.120 e. The highest BCUT2D eigenvalue weighted by Crippen LogP contribution is 2.31. The summed E-state index contributed by atoms with van der Waals surface area (Å²) in [5.41, 5.74) is 0.582. The fourth-order valence-corrected chi connectivity index (χ4v) is 1.80. The highest BCUT2D eigenvalue weighted by molar-refractivity contribution is 5.38.